The SMILES string of the molecule is C[C@@H]1CCCN(S(=O)(=O)c2ccc3c(c2)nc(SCc2c(F)c(F)c(F)c(F)c2F)n3C[C@H]2CCCO2)C1. The lowest BCUT2D eigenvalue weighted by atomic mass is 10.0. The van der Waals surface area contributed by atoms with Gasteiger partial charge in [0, 0.05) is 31.0 Å². The molecule has 0 unspecified atom stereocenters. The van der Waals surface area contributed by atoms with Gasteiger partial charge in [-0.1, -0.05) is 18.7 Å². The molecule has 2 fully saturated rings. The van der Waals surface area contributed by atoms with E-state index in [1.165, 1.54) is 16.4 Å². The summed E-state index contributed by atoms with van der Waals surface area (Å²) >= 11 is 0.803. The van der Waals surface area contributed by atoms with Crippen LogP contribution >= 0.6 is 11.8 Å². The first-order valence-electron chi connectivity index (χ1n) is 12.3. The van der Waals surface area contributed by atoms with Gasteiger partial charge in [0.15, 0.2) is 28.4 Å². The summed E-state index contributed by atoms with van der Waals surface area (Å²) in [5.74, 6) is -10.3. The van der Waals surface area contributed by atoms with Gasteiger partial charge in [0.05, 0.1) is 28.6 Å². The van der Waals surface area contributed by atoms with E-state index in [1.807, 2.05) is 6.92 Å². The maximum absolute atomic E-state index is 14.3. The van der Waals surface area contributed by atoms with Crippen molar-refractivity contribution in [2.24, 2.45) is 5.92 Å². The lowest BCUT2D eigenvalue weighted by Crippen LogP contribution is -2.39. The van der Waals surface area contributed by atoms with E-state index in [9.17, 15) is 30.4 Å². The molecule has 3 heterocycles. The van der Waals surface area contributed by atoms with Crippen molar-refractivity contribution in [2.75, 3.05) is 19.7 Å². The average molecular weight is 576 g/mol. The molecule has 0 spiro atoms. The van der Waals surface area contributed by atoms with Crippen LogP contribution < -0.4 is 0 Å². The number of ether oxygens (including phenoxy) is 1. The average Bonchev–Trinajstić information content (AvgIpc) is 3.54. The Morgan fingerprint density at radius 1 is 1.03 bits per heavy atom. The van der Waals surface area contributed by atoms with Gasteiger partial charge < -0.3 is 9.30 Å². The molecular formula is C25H26F5N3O3S2. The van der Waals surface area contributed by atoms with Gasteiger partial charge in [0.2, 0.25) is 15.8 Å². The zero-order chi connectivity index (χ0) is 27.2. The number of aromatic nitrogens is 2. The quantitative estimate of drug-likeness (QED) is 0.158. The first kappa shape index (κ1) is 27.4. The van der Waals surface area contributed by atoms with Gasteiger partial charge in [-0.05, 0) is 49.8 Å². The van der Waals surface area contributed by atoms with Crippen molar-refractivity contribution in [1.82, 2.24) is 13.9 Å². The standard InChI is InChI=1S/C25H26F5N3O3S2/c1-14-4-2-8-32(11-14)38(34,35)16-6-7-19-18(10-16)31-25(33(19)12-15-5-3-9-36-15)37-13-17-20(26)22(28)24(30)23(29)21(17)27/h6-7,10,14-15H,2-5,8-9,11-13H2,1H3/t14-,15-/m1/s1. The Hall–Kier alpha value is -2.22. The summed E-state index contributed by atoms with van der Waals surface area (Å²) < 4.78 is 105. The molecule has 2 aromatic carbocycles. The van der Waals surface area contributed by atoms with E-state index < -0.39 is 50.4 Å². The summed E-state index contributed by atoms with van der Waals surface area (Å²) in [7, 11) is -3.76. The van der Waals surface area contributed by atoms with Crippen LogP contribution in [-0.2, 0) is 27.1 Å². The second-order valence-electron chi connectivity index (χ2n) is 9.74. The highest BCUT2D eigenvalue weighted by atomic mass is 32.2. The second kappa shape index (κ2) is 10.7. The molecule has 1 aromatic heterocycles. The highest BCUT2D eigenvalue weighted by molar-refractivity contribution is 7.98. The third-order valence-electron chi connectivity index (χ3n) is 7.00. The topological polar surface area (TPSA) is 64.4 Å². The van der Waals surface area contributed by atoms with Crippen molar-refractivity contribution in [3.05, 3.63) is 52.8 Å². The molecule has 0 aliphatic carbocycles. The molecule has 2 saturated heterocycles. The smallest absolute Gasteiger partial charge is 0.243 e. The van der Waals surface area contributed by atoms with Gasteiger partial charge in [-0.15, -0.1) is 0 Å². The zero-order valence-electron chi connectivity index (χ0n) is 20.5. The monoisotopic (exact) mass is 575 g/mol. The lowest BCUT2D eigenvalue weighted by molar-refractivity contribution is 0.0960. The third-order valence-corrected chi connectivity index (χ3v) is 9.86. The molecule has 2 atom stereocenters. The van der Waals surface area contributed by atoms with E-state index in [0.717, 1.165) is 37.4 Å². The summed E-state index contributed by atoms with van der Waals surface area (Å²) in [6.45, 7) is 3.79. The van der Waals surface area contributed by atoms with Crippen LogP contribution in [0.5, 0.6) is 0 Å². The Morgan fingerprint density at radius 3 is 2.39 bits per heavy atom. The van der Waals surface area contributed by atoms with Crippen LogP contribution in [0.4, 0.5) is 22.0 Å². The number of fused-ring (bicyclic) bond motifs is 1. The van der Waals surface area contributed by atoms with Crippen LogP contribution in [-0.4, -0.2) is 48.1 Å². The van der Waals surface area contributed by atoms with Crippen LogP contribution in [0.25, 0.3) is 11.0 Å². The lowest BCUT2D eigenvalue weighted by Gasteiger charge is -2.30. The number of benzene rings is 2. The third kappa shape index (κ3) is 5.05. The number of imidazole rings is 1. The van der Waals surface area contributed by atoms with Crippen LogP contribution in [0.15, 0.2) is 28.3 Å². The van der Waals surface area contributed by atoms with Crippen molar-refractivity contribution in [1.29, 1.82) is 0 Å². The minimum atomic E-state index is -3.76. The number of hydrogen-bond acceptors (Lipinski definition) is 5. The van der Waals surface area contributed by atoms with E-state index in [0.29, 0.717) is 37.3 Å². The fourth-order valence-corrected chi connectivity index (χ4v) is 7.59. The Bertz CT molecular complexity index is 1450. The molecule has 0 N–H and O–H groups in total. The van der Waals surface area contributed by atoms with Crippen molar-refractivity contribution in [2.45, 2.75) is 61.1 Å². The maximum Gasteiger partial charge on any atom is 0.243 e. The van der Waals surface area contributed by atoms with E-state index in [1.54, 1.807) is 10.6 Å². The van der Waals surface area contributed by atoms with Gasteiger partial charge in [0.25, 0.3) is 0 Å². The molecule has 38 heavy (non-hydrogen) atoms. The Morgan fingerprint density at radius 2 is 1.74 bits per heavy atom. The summed E-state index contributed by atoms with van der Waals surface area (Å²) in [5.41, 5.74) is -0.0370. The molecule has 6 nitrogen and oxygen atoms in total. The number of rotatable bonds is 7. The van der Waals surface area contributed by atoms with E-state index in [-0.39, 0.29) is 22.1 Å². The molecule has 2 aliphatic rings. The fraction of sp³-hybridized carbons (Fsp3) is 0.480. The molecule has 206 valence electrons. The van der Waals surface area contributed by atoms with Gasteiger partial charge in [0.1, 0.15) is 0 Å². The summed E-state index contributed by atoms with van der Waals surface area (Å²) in [6, 6.07) is 4.58. The van der Waals surface area contributed by atoms with Gasteiger partial charge >= 0.3 is 0 Å². The number of nitrogens with zero attached hydrogens (tertiary/aromatic N) is 3. The molecular weight excluding hydrogens is 549 g/mol. The van der Waals surface area contributed by atoms with E-state index in [4.69, 9.17) is 4.74 Å². The molecule has 13 heteroatoms. The maximum atomic E-state index is 14.3. The van der Waals surface area contributed by atoms with Crippen molar-refractivity contribution < 1.29 is 35.1 Å². The Kier molecular flexibility index (Phi) is 7.73. The van der Waals surface area contributed by atoms with Crippen LogP contribution in [0.2, 0.25) is 0 Å². The van der Waals surface area contributed by atoms with Gasteiger partial charge in [-0.3, -0.25) is 0 Å². The minimum Gasteiger partial charge on any atom is -0.376 e. The minimum absolute atomic E-state index is 0.0807. The van der Waals surface area contributed by atoms with E-state index >= 15 is 0 Å². The molecule has 0 saturated carbocycles. The summed E-state index contributed by atoms with van der Waals surface area (Å²) in [4.78, 5) is 4.59. The molecule has 0 radical (unpaired) electrons. The number of piperidine rings is 1. The molecule has 2 aliphatic heterocycles. The summed E-state index contributed by atoms with van der Waals surface area (Å²) in [5, 5.41) is 0.251. The van der Waals surface area contributed by atoms with Crippen molar-refractivity contribution in [3.8, 4) is 0 Å². The molecule has 0 bridgehead atoms. The molecule has 0 amide bonds. The Balaban J connectivity index is 1.51. The van der Waals surface area contributed by atoms with Crippen LogP contribution in [0, 0.1) is 35.0 Å². The van der Waals surface area contributed by atoms with Crippen molar-refractivity contribution >= 4 is 32.8 Å². The summed E-state index contributed by atoms with van der Waals surface area (Å²) in [6.07, 6.45) is 3.22. The predicted molar refractivity (Wildman–Crippen MR) is 132 cm³/mol. The highest BCUT2D eigenvalue weighted by Gasteiger charge is 2.30. The number of halogens is 5. The first-order valence-corrected chi connectivity index (χ1v) is 14.8. The largest absolute Gasteiger partial charge is 0.376 e. The number of sulfonamides is 1. The van der Waals surface area contributed by atoms with Gasteiger partial charge in [-0.2, -0.15) is 4.31 Å². The first-order chi connectivity index (χ1) is 18.1. The predicted octanol–water partition coefficient (Wildman–Crippen LogP) is 5.62. The fourth-order valence-electron chi connectivity index (χ4n) is 4.95. The molecule has 5 rings (SSSR count). The Labute approximate surface area is 221 Å². The van der Waals surface area contributed by atoms with Gasteiger partial charge in [-0.25, -0.2) is 35.4 Å². The second-order valence-corrected chi connectivity index (χ2v) is 12.6. The van der Waals surface area contributed by atoms with Crippen LogP contribution in [0.1, 0.15) is 38.2 Å². The molecule has 3 aromatic rings. The van der Waals surface area contributed by atoms with Crippen LogP contribution in [0.3, 0.4) is 0 Å². The number of hydrogen-bond donors (Lipinski definition) is 0. The highest BCUT2D eigenvalue weighted by Crippen LogP contribution is 2.33. The van der Waals surface area contributed by atoms with E-state index in [2.05, 4.69) is 4.98 Å². The van der Waals surface area contributed by atoms with Crippen molar-refractivity contribution in [3.63, 3.8) is 0 Å². The number of thioether (sulfide) groups is 1. The zero-order valence-corrected chi connectivity index (χ0v) is 22.2. The normalized spacial score (nSPS) is 21.0.